The number of nitrogens with zero attached hydrogens (tertiary/aromatic N) is 1. The standard InChI is InChI=1S/C20H28N4O5/c1-13-3-4-14(2)16(9-13)23-19(27)12-24(15-5-6-15)8-7-17(25)21-10-18(26)22-11-20(28)29/h3-4,9,15H,5-8,10-12H2,1-2H3,(H,21,25)(H,22,26)(H,23,27)(H,28,29). The largest absolute Gasteiger partial charge is 0.480 e. The summed E-state index contributed by atoms with van der Waals surface area (Å²) < 4.78 is 0. The molecule has 9 heteroatoms. The summed E-state index contributed by atoms with van der Waals surface area (Å²) in [4.78, 5) is 48.2. The van der Waals surface area contributed by atoms with Crippen LogP contribution in [0.4, 0.5) is 5.69 Å². The van der Waals surface area contributed by atoms with Crippen LogP contribution in [0, 0.1) is 13.8 Å². The van der Waals surface area contributed by atoms with E-state index in [1.165, 1.54) is 0 Å². The zero-order valence-corrected chi connectivity index (χ0v) is 16.8. The first-order chi connectivity index (χ1) is 13.7. The lowest BCUT2D eigenvalue weighted by atomic mass is 10.1. The molecular formula is C20H28N4O5. The lowest BCUT2D eigenvalue weighted by molar-refractivity contribution is -0.137. The van der Waals surface area contributed by atoms with E-state index in [9.17, 15) is 19.2 Å². The number of hydrogen-bond donors (Lipinski definition) is 4. The number of aliphatic carboxylic acids is 1. The van der Waals surface area contributed by atoms with Gasteiger partial charge in [0.05, 0.1) is 13.1 Å². The van der Waals surface area contributed by atoms with E-state index in [0.29, 0.717) is 12.6 Å². The number of aryl methyl sites for hydroxylation is 2. The maximum Gasteiger partial charge on any atom is 0.322 e. The second-order valence-electron chi connectivity index (χ2n) is 7.27. The zero-order chi connectivity index (χ0) is 21.4. The van der Waals surface area contributed by atoms with E-state index >= 15 is 0 Å². The van der Waals surface area contributed by atoms with Crippen LogP contribution in [0.5, 0.6) is 0 Å². The van der Waals surface area contributed by atoms with Crippen molar-refractivity contribution >= 4 is 29.4 Å². The Morgan fingerprint density at radius 2 is 1.72 bits per heavy atom. The van der Waals surface area contributed by atoms with Gasteiger partial charge < -0.3 is 21.1 Å². The molecule has 1 aliphatic rings. The van der Waals surface area contributed by atoms with Gasteiger partial charge >= 0.3 is 5.97 Å². The summed E-state index contributed by atoms with van der Waals surface area (Å²) >= 11 is 0. The quantitative estimate of drug-likeness (QED) is 0.423. The van der Waals surface area contributed by atoms with Crippen LogP contribution in [0.2, 0.25) is 0 Å². The lowest BCUT2D eigenvalue weighted by Crippen LogP contribution is -2.41. The van der Waals surface area contributed by atoms with Crippen LogP contribution in [-0.2, 0) is 19.2 Å². The molecule has 1 aromatic rings. The molecule has 0 atom stereocenters. The van der Waals surface area contributed by atoms with E-state index in [1.54, 1.807) is 0 Å². The Morgan fingerprint density at radius 1 is 1.03 bits per heavy atom. The highest BCUT2D eigenvalue weighted by atomic mass is 16.4. The highest BCUT2D eigenvalue weighted by molar-refractivity contribution is 5.93. The van der Waals surface area contributed by atoms with Crippen molar-refractivity contribution in [1.82, 2.24) is 15.5 Å². The highest BCUT2D eigenvalue weighted by Crippen LogP contribution is 2.27. The van der Waals surface area contributed by atoms with Crippen molar-refractivity contribution in [3.05, 3.63) is 29.3 Å². The van der Waals surface area contributed by atoms with Crippen molar-refractivity contribution in [2.75, 3.05) is 31.5 Å². The number of amides is 3. The lowest BCUT2D eigenvalue weighted by Gasteiger charge is -2.21. The first-order valence-corrected chi connectivity index (χ1v) is 9.61. The van der Waals surface area contributed by atoms with Crippen LogP contribution in [-0.4, -0.2) is 65.9 Å². The maximum atomic E-state index is 12.5. The molecule has 2 rings (SSSR count). The van der Waals surface area contributed by atoms with Gasteiger partial charge in [0, 0.05) is 24.7 Å². The molecule has 1 aromatic carbocycles. The molecular weight excluding hydrogens is 376 g/mol. The Hall–Kier alpha value is -2.94. The van der Waals surface area contributed by atoms with Gasteiger partial charge in [-0.15, -0.1) is 0 Å². The minimum atomic E-state index is -1.15. The number of benzene rings is 1. The SMILES string of the molecule is Cc1ccc(C)c(NC(=O)CN(CCC(=O)NCC(=O)NCC(=O)O)C2CC2)c1. The normalized spacial score (nSPS) is 13.1. The highest BCUT2D eigenvalue weighted by Gasteiger charge is 2.30. The Bertz CT molecular complexity index is 776. The van der Waals surface area contributed by atoms with Crippen molar-refractivity contribution in [1.29, 1.82) is 0 Å². The van der Waals surface area contributed by atoms with Crippen LogP contribution < -0.4 is 16.0 Å². The molecule has 9 nitrogen and oxygen atoms in total. The fraction of sp³-hybridized carbons (Fsp3) is 0.500. The summed E-state index contributed by atoms with van der Waals surface area (Å²) in [6.07, 6.45) is 2.14. The van der Waals surface area contributed by atoms with Gasteiger partial charge in [0.2, 0.25) is 17.7 Å². The predicted molar refractivity (Wildman–Crippen MR) is 107 cm³/mol. The number of carbonyl (C=O) groups is 4. The summed E-state index contributed by atoms with van der Waals surface area (Å²) in [5, 5.41) is 16.1. The molecule has 1 aliphatic carbocycles. The molecule has 0 bridgehead atoms. The summed E-state index contributed by atoms with van der Waals surface area (Å²) in [6, 6.07) is 6.17. The molecule has 29 heavy (non-hydrogen) atoms. The summed E-state index contributed by atoms with van der Waals surface area (Å²) in [6.45, 7) is 3.75. The smallest absolute Gasteiger partial charge is 0.322 e. The van der Waals surface area contributed by atoms with Gasteiger partial charge in [-0.3, -0.25) is 24.1 Å². The molecule has 4 N–H and O–H groups in total. The number of rotatable bonds is 11. The number of carboxylic acid groups (broad SMARTS) is 1. The van der Waals surface area contributed by atoms with Gasteiger partial charge in [-0.05, 0) is 43.9 Å². The van der Waals surface area contributed by atoms with E-state index in [-0.39, 0.29) is 31.3 Å². The second kappa shape index (κ2) is 10.6. The molecule has 0 saturated heterocycles. The Labute approximate surface area is 169 Å². The van der Waals surface area contributed by atoms with E-state index in [0.717, 1.165) is 29.7 Å². The topological polar surface area (TPSA) is 128 Å². The van der Waals surface area contributed by atoms with Gasteiger partial charge in [-0.1, -0.05) is 12.1 Å². The average molecular weight is 404 g/mol. The van der Waals surface area contributed by atoms with Crippen LogP contribution in [0.15, 0.2) is 18.2 Å². The molecule has 0 radical (unpaired) electrons. The molecule has 0 aliphatic heterocycles. The molecule has 3 amide bonds. The first kappa shape index (κ1) is 22.4. The van der Waals surface area contributed by atoms with Crippen molar-refractivity contribution in [2.45, 2.75) is 39.2 Å². The predicted octanol–water partition coefficient (Wildman–Crippen LogP) is 0.413. The Balaban J connectivity index is 1.76. The number of carboxylic acids is 1. The molecule has 1 saturated carbocycles. The fourth-order valence-electron chi connectivity index (χ4n) is 2.82. The Kier molecular flexibility index (Phi) is 8.14. The van der Waals surface area contributed by atoms with Gasteiger partial charge in [-0.2, -0.15) is 0 Å². The molecule has 158 valence electrons. The van der Waals surface area contributed by atoms with Crippen LogP contribution in [0.25, 0.3) is 0 Å². The maximum absolute atomic E-state index is 12.5. The number of carbonyl (C=O) groups excluding carboxylic acids is 3. The fourth-order valence-corrected chi connectivity index (χ4v) is 2.82. The van der Waals surface area contributed by atoms with Gasteiger partial charge in [0.25, 0.3) is 0 Å². The average Bonchev–Trinajstić information content (AvgIpc) is 3.49. The molecule has 0 heterocycles. The molecule has 1 fully saturated rings. The molecule has 0 spiro atoms. The third-order valence-corrected chi connectivity index (χ3v) is 4.59. The third-order valence-electron chi connectivity index (χ3n) is 4.59. The minimum Gasteiger partial charge on any atom is -0.480 e. The first-order valence-electron chi connectivity index (χ1n) is 9.61. The van der Waals surface area contributed by atoms with Crippen LogP contribution >= 0.6 is 0 Å². The van der Waals surface area contributed by atoms with Gasteiger partial charge in [0.1, 0.15) is 6.54 Å². The van der Waals surface area contributed by atoms with Crippen molar-refractivity contribution in [3.8, 4) is 0 Å². The van der Waals surface area contributed by atoms with Crippen LogP contribution in [0.3, 0.4) is 0 Å². The molecule has 0 unspecified atom stereocenters. The van der Waals surface area contributed by atoms with E-state index in [1.807, 2.05) is 36.9 Å². The van der Waals surface area contributed by atoms with E-state index < -0.39 is 18.4 Å². The van der Waals surface area contributed by atoms with Crippen molar-refractivity contribution < 1.29 is 24.3 Å². The van der Waals surface area contributed by atoms with E-state index in [2.05, 4.69) is 16.0 Å². The summed E-state index contributed by atoms with van der Waals surface area (Å²) in [5.41, 5.74) is 2.84. The number of anilines is 1. The minimum absolute atomic E-state index is 0.126. The van der Waals surface area contributed by atoms with E-state index in [4.69, 9.17) is 5.11 Å². The monoisotopic (exact) mass is 404 g/mol. The molecule has 0 aromatic heterocycles. The van der Waals surface area contributed by atoms with Crippen LogP contribution in [0.1, 0.15) is 30.4 Å². The number of nitrogens with one attached hydrogen (secondary N) is 3. The number of hydrogen-bond acceptors (Lipinski definition) is 5. The second-order valence-corrected chi connectivity index (χ2v) is 7.27. The summed E-state index contributed by atoms with van der Waals surface area (Å²) in [5.74, 6) is -2.16. The third kappa shape index (κ3) is 8.30. The van der Waals surface area contributed by atoms with Crippen molar-refractivity contribution in [2.24, 2.45) is 0 Å². The van der Waals surface area contributed by atoms with Gasteiger partial charge in [-0.25, -0.2) is 0 Å². The summed E-state index contributed by atoms with van der Waals surface area (Å²) in [7, 11) is 0. The van der Waals surface area contributed by atoms with Crippen molar-refractivity contribution in [3.63, 3.8) is 0 Å². The van der Waals surface area contributed by atoms with Gasteiger partial charge in [0.15, 0.2) is 0 Å². The zero-order valence-electron chi connectivity index (χ0n) is 16.8. The Morgan fingerprint density at radius 3 is 2.38 bits per heavy atom.